The topological polar surface area (TPSA) is 152 Å². The van der Waals surface area contributed by atoms with Gasteiger partial charge in [-0.3, -0.25) is 28.2 Å². The minimum absolute atomic E-state index is 0.0432. The zero-order valence-corrected chi connectivity index (χ0v) is 26.5. The molecule has 2 aromatic rings. The van der Waals surface area contributed by atoms with Crippen molar-refractivity contribution in [2.75, 3.05) is 17.8 Å². The number of allylic oxidation sites excluding steroid dienone is 3. The number of amides is 3. The van der Waals surface area contributed by atoms with Crippen LogP contribution in [0.1, 0.15) is 43.9 Å². The van der Waals surface area contributed by atoms with Gasteiger partial charge in [0, 0.05) is 53.7 Å². The fourth-order valence-corrected chi connectivity index (χ4v) is 6.78. The second-order valence-electron chi connectivity index (χ2n) is 9.77. The van der Waals surface area contributed by atoms with E-state index in [1.807, 2.05) is 25.1 Å². The maximum Gasteiger partial charge on any atom is 0.240 e. The van der Waals surface area contributed by atoms with E-state index in [0.29, 0.717) is 27.8 Å². The number of hydrogen-bond acceptors (Lipinski definition) is 8. The lowest BCUT2D eigenvalue weighted by molar-refractivity contribution is -0.125. The Morgan fingerprint density at radius 3 is 2.12 bits per heavy atom. The molecule has 0 radical (unpaired) electrons. The van der Waals surface area contributed by atoms with Gasteiger partial charge < -0.3 is 16.4 Å². The van der Waals surface area contributed by atoms with E-state index in [9.17, 15) is 32.6 Å². The highest BCUT2D eigenvalue weighted by Crippen LogP contribution is 2.44. The van der Waals surface area contributed by atoms with Crippen molar-refractivity contribution in [2.24, 2.45) is 5.73 Å². The largest absolute Gasteiger partial charge is 0.368 e. The van der Waals surface area contributed by atoms with Crippen LogP contribution in [0.15, 0.2) is 52.9 Å². The summed E-state index contributed by atoms with van der Waals surface area (Å²) in [6, 6.07) is 9.55. The van der Waals surface area contributed by atoms with E-state index in [1.54, 1.807) is 24.5 Å². The molecule has 0 heterocycles. The van der Waals surface area contributed by atoms with Crippen LogP contribution in [-0.4, -0.2) is 62.0 Å². The van der Waals surface area contributed by atoms with E-state index in [2.05, 4.69) is 10.6 Å². The molecule has 3 atom stereocenters. The molecule has 0 fully saturated rings. The van der Waals surface area contributed by atoms with E-state index in [0.717, 1.165) is 34.0 Å². The molecule has 0 saturated heterocycles. The lowest BCUT2D eigenvalue weighted by Crippen LogP contribution is -2.46. The number of benzene rings is 2. The Morgan fingerprint density at radius 2 is 1.53 bits per heavy atom. The predicted octanol–water partition coefficient (Wildman–Crippen LogP) is 3.30. The smallest absolute Gasteiger partial charge is 0.240 e. The zero-order valence-electron chi connectivity index (χ0n) is 24.0. The molecule has 43 heavy (non-hydrogen) atoms. The zero-order chi connectivity index (χ0) is 31.8. The highest BCUT2D eigenvalue weighted by atomic mass is 32.2. The fraction of sp³-hybridized carbons (Fsp3) is 0.300. The summed E-state index contributed by atoms with van der Waals surface area (Å²) >= 11 is 1.57. The third kappa shape index (κ3) is 9.47. The summed E-state index contributed by atoms with van der Waals surface area (Å²) < 4.78 is 26.0. The number of halogens is 1. The van der Waals surface area contributed by atoms with Gasteiger partial charge >= 0.3 is 0 Å². The highest BCUT2D eigenvalue weighted by molar-refractivity contribution is 8.15. The fourth-order valence-electron chi connectivity index (χ4n) is 4.40. The number of rotatable bonds is 12. The van der Waals surface area contributed by atoms with Crippen molar-refractivity contribution < 1.29 is 32.6 Å². The van der Waals surface area contributed by atoms with Crippen LogP contribution in [0.25, 0.3) is 17.2 Å². The highest BCUT2D eigenvalue weighted by Gasteiger charge is 2.28. The number of carbonyl (C=O) groups is 5. The van der Waals surface area contributed by atoms with Gasteiger partial charge in [0.15, 0.2) is 5.12 Å². The number of nitrogens with two attached hydrogens (primary N) is 1. The first-order chi connectivity index (χ1) is 20.3. The van der Waals surface area contributed by atoms with Crippen molar-refractivity contribution in [3.63, 3.8) is 0 Å². The van der Waals surface area contributed by atoms with Gasteiger partial charge in [-0.1, -0.05) is 41.7 Å². The van der Waals surface area contributed by atoms with E-state index in [-0.39, 0.29) is 23.0 Å². The van der Waals surface area contributed by atoms with Gasteiger partial charge in [0.1, 0.15) is 17.9 Å². The lowest BCUT2D eigenvalue weighted by atomic mass is 10.0. The molecule has 1 aliphatic carbocycles. The number of thioether (sulfide) groups is 2. The van der Waals surface area contributed by atoms with Crippen LogP contribution in [0.3, 0.4) is 0 Å². The Labute approximate surface area is 260 Å². The molecule has 0 spiro atoms. The maximum atomic E-state index is 14.3. The molecule has 1 aliphatic rings. The maximum absolute atomic E-state index is 14.3. The normalized spacial score (nSPS) is 15.4. The molecule has 0 aromatic heterocycles. The molecular formula is C30H32FN3O6S3. The van der Waals surface area contributed by atoms with Crippen LogP contribution >= 0.6 is 23.5 Å². The molecule has 13 heteroatoms. The third-order valence-electron chi connectivity index (χ3n) is 6.48. The SMILES string of the molecule is CC(=O)NC(CSC(=O)C(CSC(=O)CC1=C(C)C(=Cc2ccc(S(C)=O)cc2)c2ccc(F)cc21)NC(C)=O)C(N)=O. The van der Waals surface area contributed by atoms with Crippen LogP contribution in [-0.2, 0) is 34.8 Å². The average molecular weight is 646 g/mol. The second kappa shape index (κ2) is 15.3. The molecule has 3 unspecified atom stereocenters. The Bertz CT molecular complexity index is 1540. The molecule has 2 aromatic carbocycles. The molecule has 4 N–H and O–H groups in total. The Morgan fingerprint density at radius 1 is 0.930 bits per heavy atom. The van der Waals surface area contributed by atoms with Gasteiger partial charge in [-0.25, -0.2) is 4.39 Å². The first kappa shape index (κ1) is 33.9. The standard InChI is InChI=1S/C30H32FN3O6S3/c1-16-23(11-19-5-8-21(9-6-19)43(4)40)22-10-7-20(31)12-25(22)24(16)13-28(37)41-15-27(34-18(3)36)30(39)42-14-26(29(32)38)33-17(2)35/h5-12,26-27H,13-15H2,1-4H3,(H2,32,38)(H,33,35)(H,34,36). The molecule has 0 bridgehead atoms. The van der Waals surface area contributed by atoms with Crippen molar-refractivity contribution in [1.82, 2.24) is 10.6 Å². The van der Waals surface area contributed by atoms with Gasteiger partial charge in [0.25, 0.3) is 0 Å². The first-order valence-electron chi connectivity index (χ1n) is 13.1. The Kier molecular flexibility index (Phi) is 12.0. The summed E-state index contributed by atoms with van der Waals surface area (Å²) in [6.45, 7) is 4.31. The molecule has 3 rings (SSSR count). The number of fused-ring (bicyclic) bond motifs is 1. The second-order valence-corrected chi connectivity index (χ2v) is 13.3. The third-order valence-corrected chi connectivity index (χ3v) is 9.46. The van der Waals surface area contributed by atoms with Crippen LogP contribution < -0.4 is 16.4 Å². The summed E-state index contributed by atoms with van der Waals surface area (Å²) in [6.07, 6.45) is 3.49. The summed E-state index contributed by atoms with van der Waals surface area (Å²) in [5.41, 5.74) is 9.81. The van der Waals surface area contributed by atoms with Crippen molar-refractivity contribution in [3.05, 3.63) is 70.5 Å². The Hall–Kier alpha value is -3.55. The molecule has 0 aliphatic heterocycles. The van der Waals surface area contributed by atoms with Crippen LogP contribution in [0.2, 0.25) is 0 Å². The van der Waals surface area contributed by atoms with Gasteiger partial charge in [-0.2, -0.15) is 0 Å². The van der Waals surface area contributed by atoms with Crippen molar-refractivity contribution in [1.29, 1.82) is 0 Å². The molecular weight excluding hydrogens is 614 g/mol. The average Bonchev–Trinajstić information content (AvgIpc) is 3.17. The van der Waals surface area contributed by atoms with E-state index in [4.69, 9.17) is 5.73 Å². The van der Waals surface area contributed by atoms with E-state index in [1.165, 1.54) is 26.0 Å². The minimum Gasteiger partial charge on any atom is -0.368 e. The number of primary amides is 1. The number of carbonyl (C=O) groups excluding carboxylic acids is 5. The molecule has 3 amide bonds. The van der Waals surface area contributed by atoms with E-state index < -0.39 is 51.5 Å². The van der Waals surface area contributed by atoms with Crippen LogP contribution in [0.5, 0.6) is 0 Å². The van der Waals surface area contributed by atoms with Gasteiger partial charge in [0.2, 0.25) is 22.8 Å². The summed E-state index contributed by atoms with van der Waals surface area (Å²) in [5.74, 6) is -2.42. The van der Waals surface area contributed by atoms with Crippen molar-refractivity contribution >= 4 is 79.5 Å². The quantitative estimate of drug-likeness (QED) is 0.318. The Balaban J connectivity index is 1.76. The summed E-state index contributed by atoms with van der Waals surface area (Å²) in [4.78, 5) is 61.4. The molecule has 0 saturated carbocycles. The van der Waals surface area contributed by atoms with E-state index >= 15 is 0 Å². The van der Waals surface area contributed by atoms with Crippen LogP contribution in [0, 0.1) is 5.82 Å². The monoisotopic (exact) mass is 645 g/mol. The van der Waals surface area contributed by atoms with Crippen LogP contribution in [0.4, 0.5) is 4.39 Å². The van der Waals surface area contributed by atoms with Crippen molar-refractivity contribution in [3.8, 4) is 0 Å². The first-order valence-corrected chi connectivity index (χ1v) is 16.6. The summed E-state index contributed by atoms with van der Waals surface area (Å²) in [7, 11) is -1.11. The van der Waals surface area contributed by atoms with Gasteiger partial charge in [-0.05, 0) is 70.7 Å². The minimum atomic E-state index is -1.11. The molecule has 9 nitrogen and oxygen atoms in total. The predicted molar refractivity (Wildman–Crippen MR) is 170 cm³/mol. The van der Waals surface area contributed by atoms with Crippen molar-refractivity contribution in [2.45, 2.75) is 44.2 Å². The molecule has 228 valence electrons. The number of hydrogen-bond donors (Lipinski definition) is 3. The lowest BCUT2D eigenvalue weighted by Gasteiger charge is -2.18. The van der Waals surface area contributed by atoms with Gasteiger partial charge in [0.05, 0.1) is 0 Å². The summed E-state index contributed by atoms with van der Waals surface area (Å²) in [5, 5.41) is 4.10. The van der Waals surface area contributed by atoms with Gasteiger partial charge in [-0.15, -0.1) is 0 Å². The number of nitrogens with one attached hydrogen (secondary N) is 2.